The fourth-order valence-electron chi connectivity index (χ4n) is 1.94. The largest absolute Gasteiger partial charge is 0.388 e. The summed E-state index contributed by atoms with van der Waals surface area (Å²) in [5, 5.41) is 3.13. The van der Waals surface area contributed by atoms with Gasteiger partial charge in [0.15, 0.2) is 0 Å². The maximum atomic E-state index is 5.23. The summed E-state index contributed by atoms with van der Waals surface area (Å²) >= 11 is 0. The molecule has 1 N–H and O–H groups in total. The third-order valence-corrected chi connectivity index (χ3v) is 3.08. The SMILES string of the molecule is CNc1ccnc(CN(CCOC)C(C)COC)c1. The zero-order chi connectivity index (χ0) is 14.1. The first kappa shape index (κ1) is 15.9. The Labute approximate surface area is 115 Å². The lowest BCUT2D eigenvalue weighted by Crippen LogP contribution is -2.38. The van der Waals surface area contributed by atoms with Gasteiger partial charge in [-0.25, -0.2) is 0 Å². The van der Waals surface area contributed by atoms with E-state index in [2.05, 4.69) is 28.2 Å². The van der Waals surface area contributed by atoms with Crippen molar-refractivity contribution < 1.29 is 9.47 Å². The molecule has 0 saturated carbocycles. The Hall–Kier alpha value is -1.17. The lowest BCUT2D eigenvalue weighted by Gasteiger charge is -2.28. The summed E-state index contributed by atoms with van der Waals surface area (Å²) in [6.45, 7) is 5.23. The molecule has 1 aromatic heterocycles. The fraction of sp³-hybridized carbons (Fsp3) is 0.643. The van der Waals surface area contributed by atoms with Gasteiger partial charge in [0, 0.05) is 52.3 Å². The zero-order valence-corrected chi connectivity index (χ0v) is 12.3. The molecule has 108 valence electrons. The minimum absolute atomic E-state index is 0.334. The summed E-state index contributed by atoms with van der Waals surface area (Å²) < 4.78 is 10.4. The van der Waals surface area contributed by atoms with Crippen molar-refractivity contribution in [3.63, 3.8) is 0 Å². The van der Waals surface area contributed by atoms with Crippen LogP contribution < -0.4 is 5.32 Å². The minimum atomic E-state index is 0.334. The Bertz CT molecular complexity index is 360. The molecule has 0 aromatic carbocycles. The molecule has 0 radical (unpaired) electrons. The number of nitrogens with zero attached hydrogens (tertiary/aromatic N) is 2. The number of hydrogen-bond donors (Lipinski definition) is 1. The van der Waals surface area contributed by atoms with Crippen LogP contribution in [0.4, 0.5) is 5.69 Å². The number of hydrogen-bond acceptors (Lipinski definition) is 5. The Balaban J connectivity index is 2.68. The lowest BCUT2D eigenvalue weighted by atomic mass is 10.2. The molecular formula is C14H25N3O2. The van der Waals surface area contributed by atoms with E-state index >= 15 is 0 Å². The van der Waals surface area contributed by atoms with E-state index in [1.807, 2.05) is 19.3 Å². The zero-order valence-electron chi connectivity index (χ0n) is 12.3. The average molecular weight is 267 g/mol. The van der Waals surface area contributed by atoms with Crippen molar-refractivity contribution in [1.29, 1.82) is 0 Å². The number of ether oxygens (including phenoxy) is 2. The van der Waals surface area contributed by atoms with E-state index in [4.69, 9.17) is 9.47 Å². The van der Waals surface area contributed by atoms with Gasteiger partial charge in [-0.3, -0.25) is 9.88 Å². The van der Waals surface area contributed by atoms with E-state index in [0.29, 0.717) is 19.3 Å². The predicted octanol–water partition coefficient (Wildman–Crippen LogP) is 1.61. The molecule has 5 nitrogen and oxygen atoms in total. The van der Waals surface area contributed by atoms with Crippen molar-refractivity contribution in [3.8, 4) is 0 Å². The molecule has 0 aliphatic rings. The van der Waals surface area contributed by atoms with Gasteiger partial charge in [-0.1, -0.05) is 0 Å². The molecule has 5 heteroatoms. The second-order valence-corrected chi connectivity index (χ2v) is 4.55. The highest BCUT2D eigenvalue weighted by Gasteiger charge is 2.14. The van der Waals surface area contributed by atoms with Crippen LogP contribution in [0.5, 0.6) is 0 Å². The summed E-state index contributed by atoms with van der Waals surface area (Å²) in [5.41, 5.74) is 2.13. The standard InChI is InChI=1S/C14H25N3O2/c1-12(11-19-4)17(7-8-18-3)10-14-9-13(15-2)5-6-16-14/h5-6,9,12H,7-8,10-11H2,1-4H3,(H,15,16). The number of pyridine rings is 1. The molecule has 1 atom stereocenters. The first-order valence-electron chi connectivity index (χ1n) is 6.55. The number of anilines is 1. The van der Waals surface area contributed by atoms with Gasteiger partial charge in [-0.05, 0) is 19.1 Å². The van der Waals surface area contributed by atoms with Crippen LogP contribution in [0.15, 0.2) is 18.3 Å². The van der Waals surface area contributed by atoms with Gasteiger partial charge < -0.3 is 14.8 Å². The average Bonchev–Trinajstić information content (AvgIpc) is 2.43. The van der Waals surface area contributed by atoms with Crippen molar-refractivity contribution in [2.24, 2.45) is 0 Å². The van der Waals surface area contributed by atoms with Crippen LogP contribution in [-0.4, -0.2) is 57.0 Å². The third-order valence-electron chi connectivity index (χ3n) is 3.08. The molecular weight excluding hydrogens is 242 g/mol. The molecule has 0 fully saturated rings. The van der Waals surface area contributed by atoms with Gasteiger partial charge >= 0.3 is 0 Å². The van der Waals surface area contributed by atoms with E-state index in [1.54, 1.807) is 14.2 Å². The van der Waals surface area contributed by atoms with Crippen LogP contribution in [0.3, 0.4) is 0 Å². The number of rotatable bonds is 9. The number of nitrogens with one attached hydrogen (secondary N) is 1. The quantitative estimate of drug-likeness (QED) is 0.736. The Morgan fingerprint density at radius 2 is 2.16 bits per heavy atom. The molecule has 0 spiro atoms. The van der Waals surface area contributed by atoms with Gasteiger partial charge in [0.1, 0.15) is 0 Å². The molecule has 19 heavy (non-hydrogen) atoms. The Kier molecular flexibility index (Phi) is 7.40. The molecule has 0 aliphatic carbocycles. The van der Waals surface area contributed by atoms with E-state index in [1.165, 1.54) is 0 Å². The van der Waals surface area contributed by atoms with Crippen molar-refractivity contribution in [2.45, 2.75) is 19.5 Å². The van der Waals surface area contributed by atoms with Crippen LogP contribution in [0, 0.1) is 0 Å². The number of aromatic nitrogens is 1. The monoisotopic (exact) mass is 267 g/mol. The first-order chi connectivity index (χ1) is 9.21. The molecule has 1 aromatic rings. The maximum absolute atomic E-state index is 5.23. The van der Waals surface area contributed by atoms with E-state index in [-0.39, 0.29) is 0 Å². The van der Waals surface area contributed by atoms with E-state index < -0.39 is 0 Å². The van der Waals surface area contributed by atoms with Crippen LogP contribution in [0.2, 0.25) is 0 Å². The van der Waals surface area contributed by atoms with Gasteiger partial charge in [-0.15, -0.1) is 0 Å². The van der Waals surface area contributed by atoms with Gasteiger partial charge in [0.25, 0.3) is 0 Å². The molecule has 1 rings (SSSR count). The summed E-state index contributed by atoms with van der Waals surface area (Å²) in [6, 6.07) is 4.36. The summed E-state index contributed by atoms with van der Waals surface area (Å²) in [4.78, 5) is 6.73. The molecule has 1 heterocycles. The molecule has 0 aliphatic heterocycles. The van der Waals surface area contributed by atoms with Crippen LogP contribution >= 0.6 is 0 Å². The first-order valence-corrected chi connectivity index (χ1v) is 6.55. The van der Waals surface area contributed by atoms with Crippen molar-refractivity contribution >= 4 is 5.69 Å². The highest BCUT2D eigenvalue weighted by molar-refractivity contribution is 5.42. The molecule has 1 unspecified atom stereocenters. The second-order valence-electron chi connectivity index (χ2n) is 4.55. The van der Waals surface area contributed by atoms with Crippen molar-refractivity contribution in [2.75, 3.05) is 46.3 Å². The van der Waals surface area contributed by atoms with Gasteiger partial charge in [-0.2, -0.15) is 0 Å². The number of methoxy groups -OCH3 is 2. The lowest BCUT2D eigenvalue weighted by molar-refractivity contribution is 0.0698. The fourth-order valence-corrected chi connectivity index (χ4v) is 1.94. The van der Waals surface area contributed by atoms with Crippen LogP contribution in [0.1, 0.15) is 12.6 Å². The van der Waals surface area contributed by atoms with Gasteiger partial charge in [0.2, 0.25) is 0 Å². The topological polar surface area (TPSA) is 46.6 Å². The molecule has 0 bridgehead atoms. The second kappa shape index (κ2) is 8.85. The predicted molar refractivity (Wildman–Crippen MR) is 77.4 cm³/mol. The summed E-state index contributed by atoms with van der Waals surface area (Å²) in [5.74, 6) is 0. The summed E-state index contributed by atoms with van der Waals surface area (Å²) in [6.07, 6.45) is 1.83. The smallest absolute Gasteiger partial charge is 0.0615 e. The van der Waals surface area contributed by atoms with Gasteiger partial charge in [0.05, 0.1) is 18.9 Å². The third kappa shape index (κ3) is 5.55. The Morgan fingerprint density at radius 1 is 1.37 bits per heavy atom. The minimum Gasteiger partial charge on any atom is -0.388 e. The summed E-state index contributed by atoms with van der Waals surface area (Å²) in [7, 11) is 5.36. The highest BCUT2D eigenvalue weighted by Crippen LogP contribution is 2.11. The highest BCUT2D eigenvalue weighted by atomic mass is 16.5. The molecule has 0 saturated heterocycles. The van der Waals surface area contributed by atoms with Crippen molar-refractivity contribution in [1.82, 2.24) is 9.88 Å². The van der Waals surface area contributed by atoms with Crippen molar-refractivity contribution in [3.05, 3.63) is 24.0 Å². The van der Waals surface area contributed by atoms with E-state index in [0.717, 1.165) is 24.5 Å². The normalized spacial score (nSPS) is 12.7. The molecule has 0 amide bonds. The van der Waals surface area contributed by atoms with Crippen LogP contribution in [0.25, 0.3) is 0 Å². The van der Waals surface area contributed by atoms with E-state index in [9.17, 15) is 0 Å². The Morgan fingerprint density at radius 3 is 2.79 bits per heavy atom. The maximum Gasteiger partial charge on any atom is 0.0615 e. The van der Waals surface area contributed by atoms with Crippen LogP contribution in [-0.2, 0) is 16.0 Å².